The highest BCUT2D eigenvalue weighted by Gasteiger charge is 2.18. The number of guanidine groups is 1. The summed E-state index contributed by atoms with van der Waals surface area (Å²) in [6, 6.07) is 17.0. The Bertz CT molecular complexity index is 809. The first kappa shape index (κ1) is 21.4. The highest BCUT2D eigenvalue weighted by Crippen LogP contribution is 2.19. The third-order valence-electron chi connectivity index (χ3n) is 4.75. The first-order valence-corrected chi connectivity index (χ1v) is 9.54. The van der Waals surface area contributed by atoms with E-state index in [4.69, 9.17) is 5.26 Å². The number of benzene rings is 2. The quantitative estimate of drug-likeness (QED) is 0.543. The molecule has 28 heavy (non-hydrogen) atoms. The molecule has 0 radical (unpaired) electrons. The van der Waals surface area contributed by atoms with Crippen LogP contribution >= 0.6 is 0 Å². The Morgan fingerprint density at radius 1 is 1.14 bits per heavy atom. The molecule has 0 saturated heterocycles. The molecule has 6 heteroatoms. The van der Waals surface area contributed by atoms with Gasteiger partial charge in [-0.1, -0.05) is 50.2 Å². The molecule has 0 aliphatic heterocycles. The van der Waals surface area contributed by atoms with E-state index >= 15 is 0 Å². The first-order valence-electron chi connectivity index (χ1n) is 9.54. The third-order valence-corrected chi connectivity index (χ3v) is 4.75. The van der Waals surface area contributed by atoms with Crippen LogP contribution < -0.4 is 10.6 Å². The Kier molecular flexibility index (Phi) is 8.44. The van der Waals surface area contributed by atoms with Gasteiger partial charge in [0.2, 0.25) is 0 Å². The van der Waals surface area contributed by atoms with Crippen molar-refractivity contribution >= 4 is 5.96 Å². The number of aliphatic imine (C=N–C) groups is 1. The second-order valence-electron chi connectivity index (χ2n) is 6.37. The van der Waals surface area contributed by atoms with Gasteiger partial charge in [0, 0.05) is 25.7 Å². The van der Waals surface area contributed by atoms with E-state index in [1.54, 1.807) is 19.2 Å². The SMILES string of the molecule is CCN(CC)C(CNC(=NC)NCc1ccc(C#N)cc1F)c1ccccc1. The van der Waals surface area contributed by atoms with Gasteiger partial charge >= 0.3 is 0 Å². The Hall–Kier alpha value is -2.91. The average molecular weight is 381 g/mol. The predicted octanol–water partition coefficient (Wildman–Crippen LogP) is 3.45. The molecule has 0 saturated carbocycles. The maximum Gasteiger partial charge on any atom is 0.191 e. The van der Waals surface area contributed by atoms with Gasteiger partial charge in [0.15, 0.2) is 5.96 Å². The van der Waals surface area contributed by atoms with Gasteiger partial charge in [-0.05, 0) is 30.8 Å². The average Bonchev–Trinajstić information content (AvgIpc) is 2.74. The lowest BCUT2D eigenvalue weighted by atomic mass is 10.1. The lowest BCUT2D eigenvalue weighted by Crippen LogP contribution is -2.43. The molecule has 0 fully saturated rings. The van der Waals surface area contributed by atoms with Crippen LogP contribution in [0.3, 0.4) is 0 Å². The van der Waals surface area contributed by atoms with Crippen LogP contribution in [0.15, 0.2) is 53.5 Å². The third kappa shape index (κ3) is 5.80. The largest absolute Gasteiger partial charge is 0.354 e. The van der Waals surface area contributed by atoms with Crippen molar-refractivity contribution in [2.45, 2.75) is 26.4 Å². The van der Waals surface area contributed by atoms with E-state index in [1.807, 2.05) is 24.3 Å². The molecule has 148 valence electrons. The predicted molar refractivity (Wildman–Crippen MR) is 111 cm³/mol. The minimum absolute atomic E-state index is 0.210. The topological polar surface area (TPSA) is 63.4 Å². The summed E-state index contributed by atoms with van der Waals surface area (Å²) in [5.41, 5.74) is 2.05. The number of hydrogen-bond donors (Lipinski definition) is 2. The maximum absolute atomic E-state index is 14.1. The number of nitrogens with one attached hydrogen (secondary N) is 2. The van der Waals surface area contributed by atoms with Gasteiger partial charge in [-0.15, -0.1) is 0 Å². The van der Waals surface area contributed by atoms with Crippen molar-refractivity contribution in [3.8, 4) is 6.07 Å². The summed E-state index contributed by atoms with van der Waals surface area (Å²) in [5, 5.41) is 15.3. The van der Waals surface area contributed by atoms with Crippen LogP contribution in [0.25, 0.3) is 0 Å². The van der Waals surface area contributed by atoms with Crippen molar-refractivity contribution in [2.24, 2.45) is 4.99 Å². The van der Waals surface area contributed by atoms with E-state index in [1.165, 1.54) is 11.6 Å². The highest BCUT2D eigenvalue weighted by atomic mass is 19.1. The van der Waals surface area contributed by atoms with Crippen LogP contribution in [-0.4, -0.2) is 37.5 Å². The lowest BCUT2D eigenvalue weighted by Gasteiger charge is -2.30. The van der Waals surface area contributed by atoms with Gasteiger partial charge in [0.25, 0.3) is 0 Å². The minimum Gasteiger partial charge on any atom is -0.354 e. The number of rotatable bonds is 8. The van der Waals surface area contributed by atoms with Crippen molar-refractivity contribution in [3.63, 3.8) is 0 Å². The molecule has 0 aliphatic rings. The number of halogens is 1. The molecule has 0 spiro atoms. The minimum atomic E-state index is -0.396. The molecule has 0 heterocycles. The molecule has 2 N–H and O–H groups in total. The van der Waals surface area contributed by atoms with Crippen LogP contribution in [0.1, 0.15) is 36.6 Å². The molecule has 0 aliphatic carbocycles. The van der Waals surface area contributed by atoms with Gasteiger partial charge < -0.3 is 10.6 Å². The van der Waals surface area contributed by atoms with Crippen molar-refractivity contribution in [3.05, 3.63) is 71.0 Å². The Labute approximate surface area is 166 Å². The van der Waals surface area contributed by atoms with Crippen LogP contribution in [-0.2, 0) is 6.54 Å². The molecule has 1 atom stereocenters. The molecule has 1 unspecified atom stereocenters. The van der Waals surface area contributed by atoms with Gasteiger partial charge in [-0.2, -0.15) is 5.26 Å². The van der Waals surface area contributed by atoms with E-state index in [0.717, 1.165) is 13.1 Å². The second kappa shape index (κ2) is 11.1. The molecule has 0 aromatic heterocycles. The van der Waals surface area contributed by atoms with Crippen LogP contribution in [0.4, 0.5) is 4.39 Å². The molecule has 0 amide bonds. The Morgan fingerprint density at radius 2 is 1.86 bits per heavy atom. The summed E-state index contributed by atoms with van der Waals surface area (Å²) < 4.78 is 14.1. The molecule has 2 rings (SSSR count). The molecule has 2 aromatic rings. The van der Waals surface area contributed by atoms with E-state index in [0.29, 0.717) is 30.2 Å². The van der Waals surface area contributed by atoms with Crippen molar-refractivity contribution in [1.82, 2.24) is 15.5 Å². The van der Waals surface area contributed by atoms with Crippen LogP contribution in [0.5, 0.6) is 0 Å². The van der Waals surface area contributed by atoms with E-state index in [9.17, 15) is 4.39 Å². The Balaban J connectivity index is 2.02. The standard InChI is InChI=1S/C22H28FN5/c1-4-28(5-2)21(18-9-7-6-8-10-18)16-27-22(25-3)26-15-19-12-11-17(14-24)13-20(19)23/h6-13,21H,4-5,15-16H2,1-3H3,(H2,25,26,27). The summed E-state index contributed by atoms with van der Waals surface area (Å²) in [5.74, 6) is 0.212. The molecular weight excluding hydrogens is 353 g/mol. The highest BCUT2D eigenvalue weighted by molar-refractivity contribution is 5.79. The number of likely N-dealkylation sites (N-methyl/N-ethyl adjacent to an activating group) is 1. The second-order valence-corrected chi connectivity index (χ2v) is 6.37. The number of hydrogen-bond acceptors (Lipinski definition) is 3. The summed E-state index contributed by atoms with van der Waals surface area (Å²) in [7, 11) is 1.69. The van der Waals surface area contributed by atoms with Crippen LogP contribution in [0.2, 0.25) is 0 Å². The number of nitrogens with zero attached hydrogens (tertiary/aromatic N) is 3. The van der Waals surface area contributed by atoms with E-state index in [2.05, 4.69) is 46.5 Å². The zero-order valence-corrected chi connectivity index (χ0v) is 16.7. The van der Waals surface area contributed by atoms with Crippen molar-refractivity contribution in [1.29, 1.82) is 5.26 Å². The zero-order chi connectivity index (χ0) is 20.4. The van der Waals surface area contributed by atoms with Gasteiger partial charge in [0.05, 0.1) is 17.7 Å². The van der Waals surface area contributed by atoms with E-state index in [-0.39, 0.29) is 6.04 Å². The first-order chi connectivity index (χ1) is 13.6. The molecule has 2 aromatic carbocycles. The summed E-state index contributed by atoms with van der Waals surface area (Å²) in [4.78, 5) is 6.63. The normalized spacial score (nSPS) is 12.5. The summed E-state index contributed by atoms with van der Waals surface area (Å²) in [6.45, 7) is 7.17. The number of nitriles is 1. The van der Waals surface area contributed by atoms with Gasteiger partial charge in [-0.25, -0.2) is 4.39 Å². The fourth-order valence-corrected chi connectivity index (χ4v) is 3.15. The molecule has 5 nitrogen and oxygen atoms in total. The zero-order valence-electron chi connectivity index (χ0n) is 16.7. The molecular formula is C22H28FN5. The fourth-order valence-electron chi connectivity index (χ4n) is 3.15. The lowest BCUT2D eigenvalue weighted by molar-refractivity contribution is 0.219. The van der Waals surface area contributed by atoms with E-state index < -0.39 is 5.82 Å². The molecule has 0 bridgehead atoms. The summed E-state index contributed by atoms with van der Waals surface area (Å²) >= 11 is 0. The van der Waals surface area contributed by atoms with Crippen molar-refractivity contribution < 1.29 is 4.39 Å². The van der Waals surface area contributed by atoms with Crippen molar-refractivity contribution in [2.75, 3.05) is 26.7 Å². The maximum atomic E-state index is 14.1. The van der Waals surface area contributed by atoms with Gasteiger partial charge in [0.1, 0.15) is 5.82 Å². The summed E-state index contributed by atoms with van der Waals surface area (Å²) in [6.07, 6.45) is 0. The Morgan fingerprint density at radius 3 is 2.43 bits per heavy atom. The smallest absolute Gasteiger partial charge is 0.191 e. The monoisotopic (exact) mass is 381 g/mol. The fraction of sp³-hybridized carbons (Fsp3) is 0.364. The van der Waals surface area contributed by atoms with Gasteiger partial charge in [-0.3, -0.25) is 9.89 Å². The van der Waals surface area contributed by atoms with Crippen LogP contribution in [0, 0.1) is 17.1 Å².